The summed E-state index contributed by atoms with van der Waals surface area (Å²) in [5.41, 5.74) is 0.814. The van der Waals surface area contributed by atoms with E-state index in [0.717, 1.165) is 31.9 Å². The lowest BCUT2D eigenvalue weighted by molar-refractivity contribution is -0.123. The van der Waals surface area contributed by atoms with Crippen molar-refractivity contribution in [3.63, 3.8) is 0 Å². The summed E-state index contributed by atoms with van der Waals surface area (Å²) in [5.74, 6) is 0.553. The number of morpholine rings is 1. The summed E-state index contributed by atoms with van der Waals surface area (Å²) >= 11 is 5.90. The Labute approximate surface area is 142 Å². The maximum Gasteiger partial charge on any atom is 0.258 e. The lowest BCUT2D eigenvalue weighted by Crippen LogP contribution is -2.55. The molecular weight excluding hydrogens is 316 g/mol. The summed E-state index contributed by atoms with van der Waals surface area (Å²) in [5, 5.41) is 3.61. The minimum atomic E-state index is -0.124. The minimum Gasteiger partial charge on any atom is -0.484 e. The second kappa shape index (κ2) is 7.99. The van der Waals surface area contributed by atoms with Gasteiger partial charge in [-0.2, -0.15) is 0 Å². The standard InChI is InChI=1S/C17H25ClN2O3/c1-13-10-14(18)4-5-15(13)23-11-16(21)19-12-17(2,3)20-6-8-22-9-7-20/h4-5,10H,6-9,11-12H2,1-3H3,(H,19,21). The van der Waals surface area contributed by atoms with Gasteiger partial charge in [0.15, 0.2) is 6.61 Å². The molecule has 1 heterocycles. The van der Waals surface area contributed by atoms with E-state index in [2.05, 4.69) is 24.1 Å². The van der Waals surface area contributed by atoms with E-state index in [1.807, 2.05) is 13.0 Å². The highest BCUT2D eigenvalue weighted by Crippen LogP contribution is 2.21. The van der Waals surface area contributed by atoms with Crippen LogP contribution in [0.3, 0.4) is 0 Å². The zero-order chi connectivity index (χ0) is 16.9. The van der Waals surface area contributed by atoms with Crippen molar-refractivity contribution in [2.24, 2.45) is 0 Å². The quantitative estimate of drug-likeness (QED) is 0.863. The molecule has 1 fully saturated rings. The summed E-state index contributed by atoms with van der Waals surface area (Å²) in [4.78, 5) is 14.4. The van der Waals surface area contributed by atoms with Crippen molar-refractivity contribution in [3.05, 3.63) is 28.8 Å². The number of rotatable bonds is 6. The van der Waals surface area contributed by atoms with Crippen molar-refractivity contribution < 1.29 is 14.3 Å². The van der Waals surface area contributed by atoms with Crippen LogP contribution in [0.5, 0.6) is 5.75 Å². The topological polar surface area (TPSA) is 50.8 Å². The maximum absolute atomic E-state index is 12.0. The molecule has 0 atom stereocenters. The Hall–Kier alpha value is -1.30. The van der Waals surface area contributed by atoms with Crippen LogP contribution in [-0.4, -0.2) is 55.8 Å². The number of hydrogen-bond donors (Lipinski definition) is 1. The number of carbonyl (C=O) groups excluding carboxylic acids is 1. The number of hydrogen-bond acceptors (Lipinski definition) is 4. The van der Waals surface area contributed by atoms with Crippen molar-refractivity contribution in [1.82, 2.24) is 10.2 Å². The van der Waals surface area contributed by atoms with Gasteiger partial charge in [0.25, 0.3) is 5.91 Å². The fourth-order valence-electron chi connectivity index (χ4n) is 2.56. The predicted molar refractivity (Wildman–Crippen MR) is 91.2 cm³/mol. The summed E-state index contributed by atoms with van der Waals surface area (Å²) in [6, 6.07) is 5.35. The molecule has 1 aromatic carbocycles. The molecule has 6 heteroatoms. The number of carbonyl (C=O) groups is 1. The van der Waals surface area contributed by atoms with Crippen LogP contribution >= 0.6 is 11.6 Å². The van der Waals surface area contributed by atoms with Gasteiger partial charge in [-0.05, 0) is 44.5 Å². The second-order valence-electron chi connectivity index (χ2n) is 6.39. The summed E-state index contributed by atoms with van der Waals surface area (Å²) in [6.07, 6.45) is 0. The zero-order valence-corrected chi connectivity index (χ0v) is 14.8. The number of amides is 1. The molecular formula is C17H25ClN2O3. The van der Waals surface area contributed by atoms with Gasteiger partial charge in [0.05, 0.1) is 13.2 Å². The lowest BCUT2D eigenvalue weighted by Gasteiger charge is -2.40. The molecule has 0 bridgehead atoms. The summed E-state index contributed by atoms with van der Waals surface area (Å²) < 4.78 is 10.9. The van der Waals surface area contributed by atoms with E-state index in [-0.39, 0.29) is 18.1 Å². The van der Waals surface area contributed by atoms with Crippen molar-refractivity contribution in [1.29, 1.82) is 0 Å². The van der Waals surface area contributed by atoms with Crippen LogP contribution in [0, 0.1) is 6.92 Å². The van der Waals surface area contributed by atoms with Crippen molar-refractivity contribution >= 4 is 17.5 Å². The molecule has 0 spiro atoms. The van der Waals surface area contributed by atoms with Crippen LogP contribution in [0.2, 0.25) is 5.02 Å². The Balaban J connectivity index is 1.78. The van der Waals surface area contributed by atoms with Crippen molar-refractivity contribution in [3.8, 4) is 5.75 Å². The third kappa shape index (κ3) is 5.37. The molecule has 0 aromatic heterocycles. The first kappa shape index (κ1) is 18.0. The van der Waals surface area contributed by atoms with Gasteiger partial charge in [0.1, 0.15) is 5.75 Å². The number of ether oxygens (including phenoxy) is 2. The molecule has 23 heavy (non-hydrogen) atoms. The molecule has 1 N–H and O–H groups in total. The first-order valence-electron chi connectivity index (χ1n) is 7.87. The molecule has 0 unspecified atom stereocenters. The number of halogens is 1. The van der Waals surface area contributed by atoms with Crippen LogP contribution in [-0.2, 0) is 9.53 Å². The highest BCUT2D eigenvalue weighted by atomic mass is 35.5. The zero-order valence-electron chi connectivity index (χ0n) is 14.0. The molecule has 0 saturated carbocycles. The second-order valence-corrected chi connectivity index (χ2v) is 6.82. The number of aryl methyl sites for hydroxylation is 1. The number of benzene rings is 1. The van der Waals surface area contributed by atoms with Gasteiger partial charge >= 0.3 is 0 Å². The van der Waals surface area contributed by atoms with Gasteiger partial charge in [-0.1, -0.05) is 11.6 Å². The number of nitrogens with one attached hydrogen (secondary N) is 1. The Morgan fingerprint density at radius 3 is 2.74 bits per heavy atom. The average molecular weight is 341 g/mol. The van der Waals surface area contributed by atoms with Gasteiger partial charge < -0.3 is 14.8 Å². The minimum absolute atomic E-state index is 0.00165. The van der Waals surface area contributed by atoms with Gasteiger partial charge in [0, 0.05) is 30.2 Å². The smallest absolute Gasteiger partial charge is 0.258 e. The summed E-state index contributed by atoms with van der Waals surface area (Å²) in [7, 11) is 0. The maximum atomic E-state index is 12.0. The Morgan fingerprint density at radius 1 is 1.39 bits per heavy atom. The highest BCUT2D eigenvalue weighted by molar-refractivity contribution is 6.30. The fourth-order valence-corrected chi connectivity index (χ4v) is 2.79. The van der Waals surface area contributed by atoms with Crippen LogP contribution in [0.25, 0.3) is 0 Å². The molecule has 1 aromatic rings. The van der Waals surface area contributed by atoms with Crippen LogP contribution in [0.15, 0.2) is 18.2 Å². The van der Waals surface area contributed by atoms with Gasteiger partial charge in [-0.15, -0.1) is 0 Å². The van der Waals surface area contributed by atoms with E-state index >= 15 is 0 Å². The molecule has 5 nitrogen and oxygen atoms in total. The molecule has 1 aliphatic rings. The van der Waals surface area contributed by atoms with E-state index in [9.17, 15) is 4.79 Å². The van der Waals surface area contributed by atoms with Gasteiger partial charge in [0.2, 0.25) is 0 Å². The molecule has 0 aliphatic carbocycles. The molecule has 2 rings (SSSR count). The highest BCUT2D eigenvalue weighted by Gasteiger charge is 2.28. The molecule has 0 radical (unpaired) electrons. The Morgan fingerprint density at radius 2 is 2.09 bits per heavy atom. The fraction of sp³-hybridized carbons (Fsp3) is 0.588. The molecule has 1 saturated heterocycles. The number of nitrogens with zero attached hydrogens (tertiary/aromatic N) is 1. The largest absolute Gasteiger partial charge is 0.484 e. The van der Waals surface area contributed by atoms with E-state index in [1.54, 1.807) is 12.1 Å². The van der Waals surface area contributed by atoms with Crippen molar-refractivity contribution in [2.45, 2.75) is 26.3 Å². The normalized spacial score (nSPS) is 16.2. The van der Waals surface area contributed by atoms with Gasteiger partial charge in [-0.3, -0.25) is 9.69 Å². The van der Waals surface area contributed by atoms with E-state index in [1.165, 1.54) is 0 Å². The van der Waals surface area contributed by atoms with Crippen LogP contribution < -0.4 is 10.1 Å². The molecule has 128 valence electrons. The average Bonchev–Trinajstić information content (AvgIpc) is 2.53. The monoisotopic (exact) mass is 340 g/mol. The third-order valence-electron chi connectivity index (χ3n) is 4.08. The van der Waals surface area contributed by atoms with E-state index < -0.39 is 0 Å². The van der Waals surface area contributed by atoms with Gasteiger partial charge in [-0.25, -0.2) is 0 Å². The van der Waals surface area contributed by atoms with Crippen LogP contribution in [0.4, 0.5) is 0 Å². The molecule has 1 amide bonds. The van der Waals surface area contributed by atoms with Crippen molar-refractivity contribution in [2.75, 3.05) is 39.5 Å². The molecule has 1 aliphatic heterocycles. The lowest BCUT2D eigenvalue weighted by atomic mass is 10.0. The SMILES string of the molecule is Cc1cc(Cl)ccc1OCC(=O)NCC(C)(C)N1CCOCC1. The predicted octanol–water partition coefficient (Wildman–Crippen LogP) is 2.25. The Kier molecular flexibility index (Phi) is 6.27. The van der Waals surface area contributed by atoms with Crippen LogP contribution in [0.1, 0.15) is 19.4 Å². The first-order valence-corrected chi connectivity index (χ1v) is 8.25. The van der Waals surface area contributed by atoms with E-state index in [0.29, 0.717) is 17.3 Å². The third-order valence-corrected chi connectivity index (χ3v) is 4.32. The van der Waals surface area contributed by atoms with E-state index in [4.69, 9.17) is 21.1 Å². The Bertz CT molecular complexity index is 543. The summed E-state index contributed by atoms with van der Waals surface area (Å²) in [6.45, 7) is 10.0. The first-order chi connectivity index (χ1) is 10.9.